The van der Waals surface area contributed by atoms with Gasteiger partial charge in [0.2, 0.25) is 23.3 Å². The zero-order valence-corrected chi connectivity index (χ0v) is 17.0. The third kappa shape index (κ3) is 2.62. The van der Waals surface area contributed by atoms with Crippen LogP contribution in [0.2, 0.25) is 5.02 Å². The van der Waals surface area contributed by atoms with Crippen LogP contribution in [0.15, 0.2) is 18.2 Å². The number of carbonyl (C=O) groups is 4. The fourth-order valence-electron chi connectivity index (χ4n) is 5.17. The first kappa shape index (κ1) is 19.8. The Bertz CT molecular complexity index is 935. The minimum absolute atomic E-state index is 0.0787. The van der Waals surface area contributed by atoms with Crippen molar-refractivity contribution in [3.05, 3.63) is 28.8 Å². The number of nitrogens with two attached hydrogens (primary N) is 2. The molecule has 0 aromatic heterocycles. The molecule has 5 atom stereocenters. The number of hydrogen-bond acceptors (Lipinski definition) is 4. The van der Waals surface area contributed by atoms with E-state index in [1.807, 2.05) is 13.8 Å². The second-order valence-corrected chi connectivity index (χ2v) is 8.54. The number of nitrogens with zero attached hydrogens (tertiary/aromatic N) is 1. The number of likely N-dealkylation sites (tertiary alicyclic amines) is 1. The van der Waals surface area contributed by atoms with Crippen molar-refractivity contribution in [3.8, 4) is 0 Å². The number of fused-ring (bicyclic) bond motifs is 4. The zero-order chi connectivity index (χ0) is 21.1. The van der Waals surface area contributed by atoms with E-state index < -0.39 is 29.3 Å². The van der Waals surface area contributed by atoms with Crippen molar-refractivity contribution < 1.29 is 24.5 Å². The molecule has 3 heterocycles. The van der Waals surface area contributed by atoms with E-state index in [9.17, 15) is 19.2 Å². The molecule has 154 valence electrons. The normalized spacial score (nSPS) is 31.2. The molecule has 1 aromatic rings. The van der Waals surface area contributed by atoms with Crippen LogP contribution in [0.1, 0.15) is 38.7 Å². The van der Waals surface area contributed by atoms with Crippen LogP contribution in [0, 0.1) is 11.8 Å². The number of primary amides is 1. The van der Waals surface area contributed by atoms with Gasteiger partial charge in [0, 0.05) is 24.4 Å². The highest BCUT2D eigenvalue weighted by Gasteiger charge is 2.74. The van der Waals surface area contributed by atoms with Gasteiger partial charge < -0.3 is 16.4 Å². The van der Waals surface area contributed by atoms with Crippen molar-refractivity contribution in [1.29, 1.82) is 0 Å². The van der Waals surface area contributed by atoms with Crippen molar-refractivity contribution in [2.45, 2.75) is 50.7 Å². The highest BCUT2D eigenvalue weighted by Crippen LogP contribution is 2.51. The average Bonchev–Trinajstić information content (AvgIpc) is 3.26. The molecule has 5 N–H and O–H groups in total. The second kappa shape index (κ2) is 6.81. The number of nitrogens with one attached hydrogen (secondary N) is 1. The van der Waals surface area contributed by atoms with E-state index in [0.717, 1.165) is 0 Å². The number of quaternary nitrogens is 1. The van der Waals surface area contributed by atoms with E-state index >= 15 is 0 Å². The van der Waals surface area contributed by atoms with Gasteiger partial charge >= 0.3 is 0 Å². The maximum absolute atomic E-state index is 13.5. The average molecular weight is 420 g/mol. The first-order valence-corrected chi connectivity index (χ1v) is 10.2. The molecular weight excluding hydrogens is 396 g/mol. The second-order valence-electron chi connectivity index (χ2n) is 8.13. The van der Waals surface area contributed by atoms with Crippen molar-refractivity contribution >= 4 is 40.9 Å². The van der Waals surface area contributed by atoms with Gasteiger partial charge in [0.25, 0.3) is 5.91 Å². The smallest absolute Gasteiger partial charge is 0.291 e. The van der Waals surface area contributed by atoms with E-state index in [1.165, 1.54) is 4.90 Å². The monoisotopic (exact) mass is 419 g/mol. The van der Waals surface area contributed by atoms with Crippen LogP contribution in [0.5, 0.6) is 0 Å². The van der Waals surface area contributed by atoms with Crippen molar-refractivity contribution in [3.63, 3.8) is 0 Å². The fraction of sp³-hybridized carbons (Fsp3) is 0.500. The summed E-state index contributed by atoms with van der Waals surface area (Å²) in [5, 5.41) is 4.98. The molecule has 4 rings (SSSR count). The summed E-state index contributed by atoms with van der Waals surface area (Å²) in [4.78, 5) is 52.7. The van der Waals surface area contributed by atoms with Crippen LogP contribution in [0.3, 0.4) is 0 Å². The number of carbonyl (C=O) groups excluding carboxylic acids is 4. The van der Waals surface area contributed by atoms with Crippen molar-refractivity contribution in [2.24, 2.45) is 17.6 Å². The third-order valence-electron chi connectivity index (χ3n) is 6.64. The number of anilines is 1. The number of benzene rings is 1. The Labute approximate surface area is 173 Å². The van der Waals surface area contributed by atoms with Crippen LogP contribution in [-0.4, -0.2) is 40.6 Å². The molecule has 0 radical (unpaired) electrons. The van der Waals surface area contributed by atoms with Gasteiger partial charge in [-0.25, -0.2) is 0 Å². The van der Waals surface area contributed by atoms with E-state index in [2.05, 4.69) is 5.32 Å². The number of para-hydroxylation sites is 1. The predicted molar refractivity (Wildman–Crippen MR) is 104 cm³/mol. The lowest BCUT2D eigenvalue weighted by molar-refractivity contribution is -0.734. The van der Waals surface area contributed by atoms with Gasteiger partial charge in [0.15, 0.2) is 0 Å². The number of imide groups is 1. The summed E-state index contributed by atoms with van der Waals surface area (Å²) >= 11 is 6.29. The quantitative estimate of drug-likeness (QED) is 0.585. The van der Waals surface area contributed by atoms with E-state index in [1.54, 1.807) is 23.5 Å². The standard InChI is InChI=1S/C20H23ClN4O4/c1-3-9(2)25-17(27)14-12(7-8-13(22)26)24-20(15(14)18(25)28)10-5-4-6-11(21)16(10)23-19(20)29/h4-6,9,12,14-15,24H,3,7-8H2,1-2H3,(H2,22,26)(H,23,29)/p+1/t9-,12+,14-,15+,20-/m1/s1. The molecule has 3 aliphatic rings. The van der Waals surface area contributed by atoms with Gasteiger partial charge in [0.05, 0.1) is 10.7 Å². The molecule has 2 saturated heterocycles. The summed E-state index contributed by atoms with van der Waals surface area (Å²) in [6.07, 6.45) is 1.01. The maximum Gasteiger partial charge on any atom is 0.291 e. The minimum atomic E-state index is -1.28. The highest BCUT2D eigenvalue weighted by molar-refractivity contribution is 6.35. The van der Waals surface area contributed by atoms with Crippen molar-refractivity contribution in [1.82, 2.24) is 4.90 Å². The molecule has 0 bridgehead atoms. The first-order chi connectivity index (χ1) is 13.7. The van der Waals surface area contributed by atoms with Crippen LogP contribution >= 0.6 is 11.6 Å². The highest BCUT2D eigenvalue weighted by atomic mass is 35.5. The van der Waals surface area contributed by atoms with Gasteiger partial charge in [-0.3, -0.25) is 24.1 Å². The van der Waals surface area contributed by atoms with E-state index in [0.29, 0.717) is 29.1 Å². The Hall–Kier alpha value is -2.45. The van der Waals surface area contributed by atoms with Gasteiger partial charge in [-0.05, 0) is 25.5 Å². The predicted octanol–water partition coefficient (Wildman–Crippen LogP) is 0.0982. The Morgan fingerprint density at radius 3 is 2.72 bits per heavy atom. The number of halogens is 1. The summed E-state index contributed by atoms with van der Waals surface area (Å²) < 4.78 is 0. The molecule has 2 fully saturated rings. The molecule has 8 nitrogen and oxygen atoms in total. The molecule has 0 aliphatic carbocycles. The molecule has 3 aliphatic heterocycles. The lowest BCUT2D eigenvalue weighted by Gasteiger charge is -2.28. The summed E-state index contributed by atoms with van der Waals surface area (Å²) in [5.41, 5.74) is 5.14. The molecular formula is C20H24ClN4O4+. The Balaban J connectivity index is 1.86. The molecule has 1 spiro atoms. The molecule has 29 heavy (non-hydrogen) atoms. The van der Waals surface area contributed by atoms with E-state index in [4.69, 9.17) is 17.3 Å². The topological polar surface area (TPSA) is 126 Å². The third-order valence-corrected chi connectivity index (χ3v) is 6.96. The van der Waals surface area contributed by atoms with E-state index in [-0.39, 0.29) is 30.2 Å². The van der Waals surface area contributed by atoms with Gasteiger partial charge in [0.1, 0.15) is 17.9 Å². The van der Waals surface area contributed by atoms with Crippen molar-refractivity contribution in [2.75, 3.05) is 5.32 Å². The minimum Gasteiger partial charge on any atom is -0.370 e. The Kier molecular flexibility index (Phi) is 4.66. The fourth-order valence-corrected chi connectivity index (χ4v) is 5.39. The van der Waals surface area contributed by atoms with Gasteiger partial charge in [-0.1, -0.05) is 24.6 Å². The molecule has 4 amide bonds. The summed E-state index contributed by atoms with van der Waals surface area (Å²) in [6.45, 7) is 3.73. The SMILES string of the molecule is CC[C@@H](C)N1C(=O)[C@@H]2[C@H](CCC(N)=O)[NH2+][C@@]3(C(=O)Nc4c(Cl)cccc43)[C@@H]2C1=O. The van der Waals surface area contributed by atoms with Crippen LogP contribution in [0.4, 0.5) is 5.69 Å². The largest absolute Gasteiger partial charge is 0.370 e. The Morgan fingerprint density at radius 1 is 1.34 bits per heavy atom. The summed E-state index contributed by atoms with van der Waals surface area (Å²) in [6, 6.07) is 4.50. The Morgan fingerprint density at radius 2 is 2.07 bits per heavy atom. The van der Waals surface area contributed by atoms with Crippen LogP contribution in [-0.2, 0) is 24.7 Å². The molecule has 0 saturated carbocycles. The summed E-state index contributed by atoms with van der Waals surface area (Å²) in [7, 11) is 0. The lowest BCUT2D eigenvalue weighted by atomic mass is 9.76. The number of rotatable bonds is 5. The summed E-state index contributed by atoms with van der Waals surface area (Å²) in [5.74, 6) is -2.99. The molecule has 1 aromatic carbocycles. The lowest BCUT2D eigenvalue weighted by Crippen LogP contribution is -2.99. The number of hydrogen-bond donors (Lipinski definition) is 3. The van der Waals surface area contributed by atoms with Crippen LogP contribution in [0.25, 0.3) is 0 Å². The van der Waals surface area contributed by atoms with Crippen LogP contribution < -0.4 is 16.4 Å². The molecule has 0 unspecified atom stereocenters. The maximum atomic E-state index is 13.5. The first-order valence-electron chi connectivity index (χ1n) is 9.85. The molecule has 9 heteroatoms. The van der Waals surface area contributed by atoms with Gasteiger partial charge in [-0.15, -0.1) is 0 Å². The zero-order valence-electron chi connectivity index (χ0n) is 16.3. The number of amides is 4. The van der Waals surface area contributed by atoms with Gasteiger partial charge in [-0.2, -0.15) is 0 Å².